The molecule has 1 amide bonds. The van der Waals surface area contributed by atoms with E-state index in [0.29, 0.717) is 0 Å². The van der Waals surface area contributed by atoms with Crippen LogP contribution >= 0.6 is 0 Å². The summed E-state index contributed by atoms with van der Waals surface area (Å²) in [5.74, 6) is -1.43. The quantitative estimate of drug-likeness (QED) is 0.230. The molecule has 0 aliphatic carbocycles. The first-order valence-electron chi connectivity index (χ1n) is 4.34. The van der Waals surface area contributed by atoms with Gasteiger partial charge in [0.1, 0.15) is 6.04 Å². The Bertz CT molecular complexity index is 274. The molecule has 0 aromatic rings. The minimum absolute atomic E-state index is 0.0454. The molecule has 0 saturated carbocycles. The molecule has 0 rings (SSSR count). The van der Waals surface area contributed by atoms with Crippen LogP contribution < -0.4 is 11.1 Å². The van der Waals surface area contributed by atoms with Gasteiger partial charge in [-0.15, -0.1) is 0 Å². The molecule has 0 fully saturated rings. The van der Waals surface area contributed by atoms with Gasteiger partial charge in [-0.1, -0.05) is 5.11 Å². The molecule has 0 unspecified atom stereocenters. The van der Waals surface area contributed by atoms with E-state index in [-0.39, 0.29) is 31.8 Å². The van der Waals surface area contributed by atoms with Gasteiger partial charge in [-0.2, -0.15) is 0 Å². The predicted octanol–water partition coefficient (Wildman–Crippen LogP) is -0.395. The fourth-order valence-corrected chi connectivity index (χ4v) is 0.789. The summed E-state index contributed by atoms with van der Waals surface area (Å²) in [6.07, 6.45) is 0.131. The Hall–Kier alpha value is -1.79. The third-order valence-corrected chi connectivity index (χ3v) is 1.60. The first-order valence-corrected chi connectivity index (χ1v) is 4.34. The summed E-state index contributed by atoms with van der Waals surface area (Å²) in [7, 11) is 0. The maximum absolute atomic E-state index is 11.0. The summed E-state index contributed by atoms with van der Waals surface area (Å²) >= 11 is 0. The highest BCUT2D eigenvalue weighted by Gasteiger charge is 2.12. The lowest BCUT2D eigenvalue weighted by Crippen LogP contribution is -2.33. The number of carbonyl (C=O) groups excluding carboxylic acids is 1. The minimum atomic E-state index is -1.13. The van der Waals surface area contributed by atoms with Crippen molar-refractivity contribution in [2.24, 2.45) is 10.8 Å². The average molecular weight is 215 g/mol. The van der Waals surface area contributed by atoms with Gasteiger partial charge in [0.05, 0.1) is 0 Å². The Labute approximate surface area is 86.1 Å². The molecular weight excluding hydrogens is 202 g/mol. The fourth-order valence-electron chi connectivity index (χ4n) is 0.789. The molecule has 84 valence electrons. The zero-order chi connectivity index (χ0) is 11.7. The first-order chi connectivity index (χ1) is 7.07. The van der Waals surface area contributed by atoms with E-state index in [2.05, 4.69) is 15.3 Å². The van der Waals surface area contributed by atoms with Crippen LogP contribution in [0, 0.1) is 0 Å². The number of nitrogens with zero attached hydrogens (tertiary/aromatic N) is 3. The van der Waals surface area contributed by atoms with E-state index in [1.165, 1.54) is 0 Å². The number of nitrogens with two attached hydrogens (primary N) is 1. The Morgan fingerprint density at radius 1 is 1.60 bits per heavy atom. The van der Waals surface area contributed by atoms with Crippen LogP contribution in [0.3, 0.4) is 0 Å². The average Bonchev–Trinajstić information content (AvgIpc) is 2.20. The molecule has 8 nitrogen and oxygen atoms in total. The van der Waals surface area contributed by atoms with Gasteiger partial charge in [0.15, 0.2) is 0 Å². The topological polar surface area (TPSA) is 141 Å². The normalized spacial score (nSPS) is 11.3. The number of aliphatic carboxylic acids is 1. The van der Waals surface area contributed by atoms with E-state index in [1.54, 1.807) is 0 Å². The van der Waals surface area contributed by atoms with E-state index in [4.69, 9.17) is 16.4 Å². The largest absolute Gasteiger partial charge is 0.480 e. The smallest absolute Gasteiger partial charge is 0.320 e. The zero-order valence-electron chi connectivity index (χ0n) is 8.09. The number of carboxylic acid groups (broad SMARTS) is 1. The number of rotatable bonds is 7. The lowest BCUT2D eigenvalue weighted by Gasteiger charge is -2.06. The van der Waals surface area contributed by atoms with Crippen LogP contribution in [0.25, 0.3) is 10.4 Å². The fraction of sp³-hybridized carbons (Fsp3) is 0.714. The molecule has 1 atom stereocenters. The highest BCUT2D eigenvalue weighted by atomic mass is 16.4. The minimum Gasteiger partial charge on any atom is -0.480 e. The first kappa shape index (κ1) is 13.2. The van der Waals surface area contributed by atoms with Gasteiger partial charge >= 0.3 is 5.97 Å². The van der Waals surface area contributed by atoms with Crippen molar-refractivity contribution in [3.8, 4) is 0 Å². The zero-order valence-corrected chi connectivity index (χ0v) is 8.09. The number of azide groups is 1. The summed E-state index contributed by atoms with van der Waals surface area (Å²) in [5, 5.41) is 14.1. The monoisotopic (exact) mass is 215 g/mol. The van der Waals surface area contributed by atoms with E-state index < -0.39 is 12.0 Å². The standard InChI is InChI=1S/C7H13N5O3/c8-5(7(14)15)1-2-6(13)10-3-4-11-12-9/h5H,1-4,8H2,(H,10,13)(H,14,15)/t5-/m0/s1. The summed E-state index contributed by atoms with van der Waals surface area (Å²) < 4.78 is 0. The van der Waals surface area contributed by atoms with Crippen molar-refractivity contribution >= 4 is 11.9 Å². The van der Waals surface area contributed by atoms with Gasteiger partial charge < -0.3 is 16.2 Å². The highest BCUT2D eigenvalue weighted by molar-refractivity contribution is 5.78. The van der Waals surface area contributed by atoms with Gasteiger partial charge in [0, 0.05) is 24.4 Å². The summed E-state index contributed by atoms with van der Waals surface area (Å²) in [4.78, 5) is 23.8. The van der Waals surface area contributed by atoms with Crippen LogP contribution in [-0.2, 0) is 9.59 Å². The number of nitrogens with one attached hydrogen (secondary N) is 1. The van der Waals surface area contributed by atoms with Gasteiger partial charge in [0.25, 0.3) is 0 Å². The Morgan fingerprint density at radius 3 is 2.80 bits per heavy atom. The Kier molecular flexibility index (Phi) is 6.69. The van der Waals surface area contributed by atoms with E-state index >= 15 is 0 Å². The van der Waals surface area contributed by atoms with Crippen LogP contribution in [0.2, 0.25) is 0 Å². The third-order valence-electron chi connectivity index (χ3n) is 1.60. The molecule has 0 aliphatic rings. The molecule has 4 N–H and O–H groups in total. The molecule has 0 aliphatic heterocycles. The second-order valence-electron chi connectivity index (χ2n) is 2.79. The van der Waals surface area contributed by atoms with Crippen LogP contribution in [-0.4, -0.2) is 36.1 Å². The molecule has 0 saturated heterocycles. The van der Waals surface area contributed by atoms with Crippen molar-refractivity contribution in [2.75, 3.05) is 13.1 Å². The highest BCUT2D eigenvalue weighted by Crippen LogP contribution is 1.94. The number of carbonyl (C=O) groups is 2. The lowest BCUT2D eigenvalue weighted by molar-refractivity contribution is -0.138. The molecule has 0 aromatic heterocycles. The number of carboxylic acids is 1. The van der Waals surface area contributed by atoms with Crippen molar-refractivity contribution in [3.63, 3.8) is 0 Å². The van der Waals surface area contributed by atoms with E-state index in [0.717, 1.165) is 0 Å². The van der Waals surface area contributed by atoms with Crippen LogP contribution in [0.4, 0.5) is 0 Å². The molecule has 15 heavy (non-hydrogen) atoms. The molecule has 0 heterocycles. The number of hydrogen-bond donors (Lipinski definition) is 3. The van der Waals surface area contributed by atoms with Gasteiger partial charge in [-0.05, 0) is 12.0 Å². The predicted molar refractivity (Wildman–Crippen MR) is 51.9 cm³/mol. The van der Waals surface area contributed by atoms with Crippen molar-refractivity contribution in [3.05, 3.63) is 10.4 Å². The molecule has 0 spiro atoms. The second kappa shape index (κ2) is 7.60. The van der Waals surface area contributed by atoms with Crippen LogP contribution in [0.15, 0.2) is 5.11 Å². The van der Waals surface area contributed by atoms with Crippen molar-refractivity contribution < 1.29 is 14.7 Å². The van der Waals surface area contributed by atoms with Crippen molar-refractivity contribution in [2.45, 2.75) is 18.9 Å². The third kappa shape index (κ3) is 7.29. The number of hydrogen-bond acceptors (Lipinski definition) is 4. The molecule has 0 radical (unpaired) electrons. The maximum Gasteiger partial charge on any atom is 0.320 e. The van der Waals surface area contributed by atoms with Crippen LogP contribution in [0.5, 0.6) is 0 Å². The summed E-state index contributed by atoms with van der Waals surface area (Å²) in [6, 6.07) is -1.02. The van der Waals surface area contributed by atoms with Crippen molar-refractivity contribution in [1.29, 1.82) is 0 Å². The Balaban J connectivity index is 3.57. The SMILES string of the molecule is [N-]=[N+]=NCCNC(=O)CC[C@H](N)C(=O)O. The summed E-state index contributed by atoms with van der Waals surface area (Å²) in [6.45, 7) is 0.415. The molecule has 0 bridgehead atoms. The summed E-state index contributed by atoms with van der Waals surface area (Å²) in [5.41, 5.74) is 13.1. The Morgan fingerprint density at radius 2 is 2.27 bits per heavy atom. The van der Waals surface area contributed by atoms with E-state index in [9.17, 15) is 9.59 Å². The molecule has 0 aromatic carbocycles. The van der Waals surface area contributed by atoms with E-state index in [1.807, 2.05) is 0 Å². The lowest BCUT2D eigenvalue weighted by atomic mass is 10.1. The van der Waals surface area contributed by atoms with Gasteiger partial charge in [0.2, 0.25) is 5.91 Å². The number of amides is 1. The maximum atomic E-state index is 11.0. The van der Waals surface area contributed by atoms with Gasteiger partial charge in [-0.25, -0.2) is 0 Å². The molecule has 8 heteroatoms. The van der Waals surface area contributed by atoms with Crippen LogP contribution in [0.1, 0.15) is 12.8 Å². The van der Waals surface area contributed by atoms with Gasteiger partial charge in [-0.3, -0.25) is 9.59 Å². The van der Waals surface area contributed by atoms with Crippen molar-refractivity contribution in [1.82, 2.24) is 5.32 Å². The second-order valence-corrected chi connectivity index (χ2v) is 2.79. The molecular formula is C7H13N5O3.